The van der Waals surface area contributed by atoms with Crippen molar-refractivity contribution in [1.82, 2.24) is 0 Å². The average Bonchev–Trinajstić information content (AvgIpc) is 2.68. The van der Waals surface area contributed by atoms with E-state index in [0.717, 1.165) is 32.1 Å². The Hall–Kier alpha value is -1.45. The monoisotopic (exact) mass is 428 g/mol. The molecule has 0 heterocycles. The third-order valence-electron chi connectivity index (χ3n) is 4.53. The highest BCUT2D eigenvalue weighted by Gasteiger charge is 2.27. The molecule has 0 spiro atoms. The summed E-state index contributed by atoms with van der Waals surface area (Å²) < 4.78 is 76.1. The van der Waals surface area contributed by atoms with Crippen LogP contribution in [0.5, 0.6) is 5.75 Å². The summed E-state index contributed by atoms with van der Waals surface area (Å²) in [5.41, 5.74) is 0. The van der Waals surface area contributed by atoms with Crippen molar-refractivity contribution < 1.29 is 41.6 Å². The highest BCUT2D eigenvalue weighted by atomic mass is 19.2. The molecule has 0 bridgehead atoms. The first-order valence-corrected chi connectivity index (χ1v) is 9.95. The van der Waals surface area contributed by atoms with E-state index in [4.69, 9.17) is 19.7 Å². The molecule has 0 aromatic heterocycles. The lowest BCUT2D eigenvalue weighted by Gasteiger charge is -2.19. The Kier molecular flexibility index (Phi) is 12.1. The zero-order chi connectivity index (χ0) is 21.8. The topological polar surface area (TPSA) is 58.9 Å². The van der Waals surface area contributed by atoms with Gasteiger partial charge >= 0.3 is 0 Å². The van der Waals surface area contributed by atoms with Crippen molar-refractivity contribution in [1.29, 1.82) is 0 Å². The van der Waals surface area contributed by atoms with Gasteiger partial charge < -0.3 is 19.7 Å². The maximum Gasteiger partial charge on any atom is 0.266 e. The second kappa shape index (κ2) is 13.7. The molecule has 29 heavy (non-hydrogen) atoms. The first-order chi connectivity index (χ1) is 13.8. The van der Waals surface area contributed by atoms with Crippen molar-refractivity contribution >= 4 is 0 Å². The van der Waals surface area contributed by atoms with E-state index in [2.05, 4.69) is 6.92 Å². The molecule has 1 aromatic rings. The first kappa shape index (κ1) is 25.6. The van der Waals surface area contributed by atoms with Crippen molar-refractivity contribution in [3.63, 3.8) is 0 Å². The summed E-state index contributed by atoms with van der Waals surface area (Å²) in [6.07, 6.45) is 7.97. The van der Waals surface area contributed by atoms with Gasteiger partial charge in [0.2, 0.25) is 29.1 Å². The number of hydrogen-bond donors (Lipinski definition) is 2. The number of hydrogen-bond acceptors (Lipinski definition) is 4. The summed E-state index contributed by atoms with van der Waals surface area (Å²) in [6, 6.07) is 0. The zero-order valence-electron chi connectivity index (χ0n) is 16.5. The normalized spacial score (nSPS) is 12.6. The van der Waals surface area contributed by atoms with Gasteiger partial charge in [0.1, 0.15) is 0 Å². The Morgan fingerprint density at radius 2 is 1.17 bits per heavy atom. The van der Waals surface area contributed by atoms with Crippen LogP contribution in [0.25, 0.3) is 0 Å². The fraction of sp³-hybridized carbons (Fsp3) is 0.700. The molecular formula is C20H29F5O4. The van der Waals surface area contributed by atoms with E-state index in [1.807, 2.05) is 0 Å². The predicted molar refractivity (Wildman–Crippen MR) is 96.7 cm³/mol. The van der Waals surface area contributed by atoms with Crippen molar-refractivity contribution in [2.75, 3.05) is 6.61 Å². The van der Waals surface area contributed by atoms with Crippen LogP contribution in [-0.2, 0) is 4.74 Å². The minimum Gasteiger partial charge on any atom is -0.487 e. The van der Waals surface area contributed by atoms with Gasteiger partial charge in [0.15, 0.2) is 5.75 Å². The van der Waals surface area contributed by atoms with Crippen molar-refractivity contribution in [3.8, 4) is 5.75 Å². The van der Waals surface area contributed by atoms with E-state index >= 15 is 0 Å². The molecular weight excluding hydrogens is 399 g/mol. The molecule has 1 rings (SSSR count). The summed E-state index contributed by atoms with van der Waals surface area (Å²) in [7, 11) is 0. The fourth-order valence-corrected chi connectivity index (χ4v) is 2.98. The molecule has 0 aliphatic rings. The van der Waals surface area contributed by atoms with E-state index in [1.54, 1.807) is 0 Å². The third-order valence-corrected chi connectivity index (χ3v) is 4.53. The lowest BCUT2D eigenvalue weighted by atomic mass is 10.0. The number of aliphatic hydroxyl groups is 2. The molecule has 0 radical (unpaired) electrons. The summed E-state index contributed by atoms with van der Waals surface area (Å²) in [6.45, 7) is -0.144. The molecule has 1 unspecified atom stereocenters. The summed E-state index contributed by atoms with van der Waals surface area (Å²) in [4.78, 5) is 0. The Balaban J connectivity index is 2.43. The maximum absolute atomic E-state index is 13.5. The predicted octanol–water partition coefficient (Wildman–Crippen LogP) is 5.34. The molecule has 9 heteroatoms. The van der Waals surface area contributed by atoms with E-state index in [1.165, 1.54) is 12.8 Å². The second-order valence-electron chi connectivity index (χ2n) is 6.88. The van der Waals surface area contributed by atoms with Crippen LogP contribution in [-0.4, -0.2) is 29.4 Å². The van der Waals surface area contributed by atoms with E-state index in [-0.39, 0.29) is 19.4 Å². The zero-order valence-corrected chi connectivity index (χ0v) is 16.5. The smallest absolute Gasteiger partial charge is 0.266 e. The van der Waals surface area contributed by atoms with Gasteiger partial charge in [-0.3, -0.25) is 0 Å². The van der Waals surface area contributed by atoms with E-state index in [0.29, 0.717) is 6.42 Å². The van der Waals surface area contributed by atoms with Crippen LogP contribution in [0.1, 0.15) is 71.1 Å². The van der Waals surface area contributed by atoms with Crippen LogP contribution < -0.4 is 4.74 Å². The minimum absolute atomic E-state index is 0.160. The van der Waals surface area contributed by atoms with Crippen LogP contribution >= 0.6 is 0 Å². The second-order valence-corrected chi connectivity index (χ2v) is 6.88. The van der Waals surface area contributed by atoms with Gasteiger partial charge in [-0.25, -0.2) is 13.2 Å². The number of ether oxygens (including phenoxy) is 2. The molecule has 2 N–H and O–H groups in total. The molecule has 0 fully saturated rings. The van der Waals surface area contributed by atoms with Crippen LogP contribution in [0.3, 0.4) is 0 Å². The van der Waals surface area contributed by atoms with Crippen molar-refractivity contribution in [2.24, 2.45) is 0 Å². The van der Waals surface area contributed by atoms with Gasteiger partial charge in [-0.05, 0) is 19.3 Å². The number of aliphatic hydroxyl groups excluding tert-OH is 1. The SMILES string of the molecule is CCCCCCCCCC(CCCOc1c(F)c(F)c(F)c(F)c1F)OC(O)O. The van der Waals surface area contributed by atoms with E-state index in [9.17, 15) is 22.0 Å². The molecule has 0 aliphatic carbocycles. The number of halogens is 5. The number of benzene rings is 1. The maximum atomic E-state index is 13.5. The molecule has 1 atom stereocenters. The van der Waals surface area contributed by atoms with Crippen LogP contribution in [0.2, 0.25) is 0 Å². The quantitative estimate of drug-likeness (QED) is 0.130. The van der Waals surface area contributed by atoms with Gasteiger partial charge in [-0.1, -0.05) is 51.9 Å². The Morgan fingerprint density at radius 3 is 1.72 bits per heavy atom. The Morgan fingerprint density at radius 1 is 0.690 bits per heavy atom. The van der Waals surface area contributed by atoms with Gasteiger partial charge in [0.05, 0.1) is 12.7 Å². The summed E-state index contributed by atoms with van der Waals surface area (Å²) in [5, 5.41) is 18.0. The van der Waals surface area contributed by atoms with Crippen LogP contribution in [0.15, 0.2) is 0 Å². The van der Waals surface area contributed by atoms with Crippen LogP contribution in [0.4, 0.5) is 22.0 Å². The number of unbranched alkanes of at least 4 members (excludes halogenated alkanes) is 6. The first-order valence-electron chi connectivity index (χ1n) is 9.95. The van der Waals surface area contributed by atoms with Crippen molar-refractivity contribution in [3.05, 3.63) is 29.1 Å². The van der Waals surface area contributed by atoms with Gasteiger partial charge in [-0.15, -0.1) is 0 Å². The van der Waals surface area contributed by atoms with Crippen LogP contribution in [0, 0.1) is 29.1 Å². The highest BCUT2D eigenvalue weighted by Crippen LogP contribution is 2.29. The number of rotatable bonds is 15. The Labute approximate surface area is 167 Å². The van der Waals surface area contributed by atoms with Gasteiger partial charge in [-0.2, -0.15) is 8.78 Å². The molecule has 0 saturated heterocycles. The van der Waals surface area contributed by atoms with Crippen molar-refractivity contribution in [2.45, 2.75) is 83.7 Å². The highest BCUT2D eigenvalue weighted by molar-refractivity contribution is 5.29. The van der Waals surface area contributed by atoms with Gasteiger partial charge in [0.25, 0.3) is 6.48 Å². The molecule has 1 aromatic carbocycles. The third kappa shape index (κ3) is 8.84. The molecule has 168 valence electrons. The standard InChI is InChI=1S/C20H29F5O4/c1-2-3-4-5-6-7-8-10-13(29-20(26)27)11-9-12-28-19-17(24)15(22)14(21)16(23)18(19)25/h13,20,26-27H,2-12H2,1H3. The minimum atomic E-state index is -2.24. The largest absolute Gasteiger partial charge is 0.487 e. The van der Waals surface area contributed by atoms with Gasteiger partial charge in [0, 0.05) is 0 Å². The summed E-state index contributed by atoms with van der Waals surface area (Å²) >= 11 is 0. The lowest BCUT2D eigenvalue weighted by molar-refractivity contribution is -0.258. The molecule has 0 aliphatic heterocycles. The average molecular weight is 428 g/mol. The fourth-order valence-electron chi connectivity index (χ4n) is 2.98. The molecule has 0 amide bonds. The Bertz CT molecular complexity index is 584. The lowest BCUT2D eigenvalue weighted by Crippen LogP contribution is -2.22. The molecule has 0 saturated carbocycles. The molecule has 4 nitrogen and oxygen atoms in total. The summed E-state index contributed by atoms with van der Waals surface area (Å²) in [5.74, 6) is -11.8. The van der Waals surface area contributed by atoms with E-state index < -0.39 is 47.4 Å².